The van der Waals surface area contributed by atoms with Crippen LogP contribution in [0.15, 0.2) is 59.4 Å². The van der Waals surface area contributed by atoms with Crippen LogP contribution < -0.4 is 0 Å². The summed E-state index contributed by atoms with van der Waals surface area (Å²) in [7, 11) is -4.26. The number of benzene rings is 2. The lowest BCUT2D eigenvalue weighted by atomic mass is 9.98. The lowest BCUT2D eigenvalue weighted by molar-refractivity contribution is -0.152. The summed E-state index contributed by atoms with van der Waals surface area (Å²) in [6.07, 6.45) is 1.64. The zero-order valence-corrected chi connectivity index (χ0v) is 25.2. The van der Waals surface area contributed by atoms with Crippen LogP contribution in [0.2, 0.25) is 15.1 Å². The SMILES string of the molecule is CCN(CC)C1CN(S(=O)(=O)c2ccc(Cl)cc2Cl)C2=CN(C(C)C)C(=O)C(Cc3ccc(Cl)cc3)N2C1=O. The van der Waals surface area contributed by atoms with Crippen LogP contribution >= 0.6 is 34.8 Å². The third-order valence-corrected chi connectivity index (χ3v) is 9.82. The highest BCUT2D eigenvalue weighted by atomic mass is 35.5. The molecule has 2 unspecified atom stereocenters. The normalized spacial score (nSPS) is 20.1. The van der Waals surface area contributed by atoms with Gasteiger partial charge in [0.1, 0.15) is 22.8 Å². The topological polar surface area (TPSA) is 81.2 Å². The molecule has 8 nitrogen and oxygen atoms in total. The summed E-state index contributed by atoms with van der Waals surface area (Å²) in [6.45, 7) is 8.39. The first-order valence-corrected chi connectivity index (χ1v) is 15.3. The van der Waals surface area contributed by atoms with E-state index in [0.29, 0.717) is 23.1 Å². The third kappa shape index (κ3) is 5.65. The van der Waals surface area contributed by atoms with Gasteiger partial charge in [-0.3, -0.25) is 19.4 Å². The molecule has 4 rings (SSSR count). The van der Waals surface area contributed by atoms with E-state index in [-0.39, 0.29) is 46.6 Å². The molecular formula is C27H31Cl3N4O4S. The van der Waals surface area contributed by atoms with Crippen molar-refractivity contribution in [3.05, 3.63) is 75.1 Å². The predicted octanol–water partition coefficient (Wildman–Crippen LogP) is 4.85. The Hall–Kier alpha value is -2.30. The molecule has 2 aromatic rings. The lowest BCUT2D eigenvalue weighted by Gasteiger charge is -2.50. The standard InChI is InChI=1S/C27H31Cl3N4O4S/c1-5-31(6-2)23-15-33(39(37,38)24-12-11-20(29)14-21(24)30)25-16-32(17(3)4)26(35)22(34(25)27(23)36)13-18-7-9-19(28)10-8-18/h7-12,14,16-17,22-23H,5-6,13,15H2,1-4H3. The second-order valence-electron chi connectivity index (χ2n) is 9.73. The molecule has 2 amide bonds. The highest BCUT2D eigenvalue weighted by Gasteiger charge is 2.51. The van der Waals surface area contributed by atoms with E-state index in [2.05, 4.69) is 0 Å². The number of halogens is 3. The van der Waals surface area contributed by atoms with Gasteiger partial charge in [-0.15, -0.1) is 0 Å². The van der Waals surface area contributed by atoms with Gasteiger partial charge in [-0.05, 0) is 62.8 Å². The summed E-state index contributed by atoms with van der Waals surface area (Å²) in [5.74, 6) is -0.505. The molecule has 0 bridgehead atoms. The summed E-state index contributed by atoms with van der Waals surface area (Å²) in [4.78, 5) is 32.5. The number of hydrogen-bond donors (Lipinski definition) is 0. The Labute approximate surface area is 244 Å². The Kier molecular flexibility index (Phi) is 8.88. The van der Waals surface area contributed by atoms with E-state index in [9.17, 15) is 18.0 Å². The van der Waals surface area contributed by atoms with Gasteiger partial charge in [0.05, 0.1) is 11.6 Å². The number of fused-ring (bicyclic) bond motifs is 1. The predicted molar refractivity (Wildman–Crippen MR) is 153 cm³/mol. The zero-order chi connectivity index (χ0) is 28.6. The number of hydrogen-bond acceptors (Lipinski definition) is 5. The molecule has 0 N–H and O–H groups in total. The molecule has 2 heterocycles. The Bertz CT molecular complexity index is 1390. The van der Waals surface area contributed by atoms with Crippen molar-refractivity contribution in [3.63, 3.8) is 0 Å². The molecule has 0 spiro atoms. The van der Waals surface area contributed by atoms with Gasteiger partial charge in [0.2, 0.25) is 11.8 Å². The number of carbonyl (C=O) groups excluding carboxylic acids is 2. The molecule has 0 aromatic heterocycles. The molecule has 2 aromatic carbocycles. The van der Waals surface area contributed by atoms with E-state index >= 15 is 0 Å². The van der Waals surface area contributed by atoms with E-state index in [1.165, 1.54) is 38.5 Å². The first-order valence-electron chi connectivity index (χ1n) is 12.7. The first-order chi connectivity index (χ1) is 18.4. The van der Waals surface area contributed by atoms with Crippen LogP contribution in [-0.4, -0.2) is 77.0 Å². The molecule has 2 aliphatic heterocycles. The molecule has 2 aliphatic rings. The van der Waals surface area contributed by atoms with E-state index in [1.54, 1.807) is 24.3 Å². The number of likely N-dealkylation sites (N-methyl/N-ethyl adjacent to an activating group) is 1. The Morgan fingerprint density at radius 3 is 2.13 bits per heavy atom. The maximum absolute atomic E-state index is 14.2. The molecular weight excluding hydrogens is 583 g/mol. The summed E-state index contributed by atoms with van der Waals surface area (Å²) in [6, 6.07) is 9.17. The van der Waals surface area contributed by atoms with Gasteiger partial charge < -0.3 is 4.90 Å². The van der Waals surface area contributed by atoms with Crippen LogP contribution in [0.25, 0.3) is 0 Å². The van der Waals surface area contributed by atoms with Crippen molar-refractivity contribution in [2.45, 2.75) is 57.1 Å². The van der Waals surface area contributed by atoms with Gasteiger partial charge in [-0.1, -0.05) is 60.8 Å². The minimum atomic E-state index is -4.26. The van der Waals surface area contributed by atoms with Gasteiger partial charge in [-0.2, -0.15) is 0 Å². The molecule has 1 fully saturated rings. The van der Waals surface area contributed by atoms with Gasteiger partial charge in [0.15, 0.2) is 0 Å². The highest BCUT2D eigenvalue weighted by molar-refractivity contribution is 7.89. The number of nitrogens with zero attached hydrogens (tertiary/aromatic N) is 4. The fraction of sp³-hybridized carbons (Fsp3) is 0.407. The molecule has 0 saturated carbocycles. The van der Waals surface area contributed by atoms with Crippen molar-refractivity contribution in [2.24, 2.45) is 0 Å². The third-order valence-electron chi connectivity index (χ3n) is 7.08. The molecule has 39 heavy (non-hydrogen) atoms. The monoisotopic (exact) mass is 612 g/mol. The summed E-state index contributed by atoms with van der Waals surface area (Å²) < 4.78 is 29.5. The highest BCUT2D eigenvalue weighted by Crippen LogP contribution is 2.37. The van der Waals surface area contributed by atoms with Crippen LogP contribution in [0.3, 0.4) is 0 Å². The van der Waals surface area contributed by atoms with Crippen LogP contribution in [0.5, 0.6) is 0 Å². The Morgan fingerprint density at radius 1 is 0.949 bits per heavy atom. The first kappa shape index (κ1) is 29.7. The van der Waals surface area contributed by atoms with Gasteiger partial charge in [-0.25, -0.2) is 12.7 Å². The summed E-state index contributed by atoms with van der Waals surface area (Å²) in [5, 5.41) is 0.814. The second kappa shape index (κ2) is 11.7. The van der Waals surface area contributed by atoms with Crippen molar-refractivity contribution in [1.29, 1.82) is 0 Å². The molecule has 0 aliphatic carbocycles. The number of rotatable bonds is 8. The molecule has 2 atom stereocenters. The summed E-state index contributed by atoms with van der Waals surface area (Å²) >= 11 is 18.5. The smallest absolute Gasteiger partial charge is 0.267 e. The molecule has 12 heteroatoms. The van der Waals surface area contributed by atoms with E-state index < -0.39 is 22.1 Å². The van der Waals surface area contributed by atoms with E-state index in [1.807, 2.05) is 32.6 Å². The minimum Gasteiger partial charge on any atom is -0.311 e. The average molecular weight is 614 g/mol. The Balaban J connectivity index is 1.91. The van der Waals surface area contributed by atoms with Crippen molar-refractivity contribution in [1.82, 2.24) is 19.0 Å². The van der Waals surface area contributed by atoms with E-state index in [0.717, 1.165) is 5.56 Å². The molecule has 0 radical (unpaired) electrons. The number of carbonyl (C=O) groups is 2. The minimum absolute atomic E-state index is 0.0312. The fourth-order valence-electron chi connectivity index (χ4n) is 5.02. The van der Waals surface area contributed by atoms with Gasteiger partial charge >= 0.3 is 0 Å². The number of amides is 2. The van der Waals surface area contributed by atoms with Crippen molar-refractivity contribution >= 4 is 56.6 Å². The fourth-order valence-corrected chi connectivity index (χ4v) is 7.35. The van der Waals surface area contributed by atoms with Crippen molar-refractivity contribution in [3.8, 4) is 0 Å². The van der Waals surface area contributed by atoms with Gasteiger partial charge in [0, 0.05) is 28.7 Å². The van der Waals surface area contributed by atoms with E-state index in [4.69, 9.17) is 34.8 Å². The maximum Gasteiger partial charge on any atom is 0.267 e. The zero-order valence-electron chi connectivity index (χ0n) is 22.1. The van der Waals surface area contributed by atoms with Gasteiger partial charge in [0.25, 0.3) is 10.0 Å². The Morgan fingerprint density at radius 2 is 1.56 bits per heavy atom. The maximum atomic E-state index is 14.2. The molecule has 210 valence electrons. The average Bonchev–Trinajstić information content (AvgIpc) is 2.88. The van der Waals surface area contributed by atoms with Crippen molar-refractivity contribution in [2.75, 3.05) is 19.6 Å². The largest absolute Gasteiger partial charge is 0.311 e. The van der Waals surface area contributed by atoms with Crippen LogP contribution in [0.1, 0.15) is 33.3 Å². The number of sulfonamides is 1. The molecule has 1 saturated heterocycles. The lowest BCUT2D eigenvalue weighted by Crippen LogP contribution is -2.67. The van der Waals surface area contributed by atoms with Crippen LogP contribution in [0.4, 0.5) is 0 Å². The quantitative estimate of drug-likeness (QED) is 0.425. The van der Waals surface area contributed by atoms with Crippen LogP contribution in [0, 0.1) is 0 Å². The van der Waals surface area contributed by atoms with Crippen LogP contribution in [-0.2, 0) is 26.0 Å². The van der Waals surface area contributed by atoms with Crippen molar-refractivity contribution < 1.29 is 18.0 Å². The second-order valence-corrected chi connectivity index (χ2v) is 12.8. The summed E-state index contributed by atoms with van der Waals surface area (Å²) in [5.41, 5.74) is 0.788.